The second-order valence-electron chi connectivity index (χ2n) is 6.77. The zero-order valence-corrected chi connectivity index (χ0v) is 14.7. The fraction of sp³-hybridized carbons (Fsp3) is 0.500. The van der Waals surface area contributed by atoms with E-state index in [4.69, 9.17) is 0 Å². The highest BCUT2D eigenvalue weighted by Crippen LogP contribution is 2.09. The quantitative estimate of drug-likeness (QED) is 0.824. The van der Waals surface area contributed by atoms with Gasteiger partial charge in [-0.05, 0) is 33.8 Å². The van der Waals surface area contributed by atoms with Crippen LogP contribution in [0.15, 0.2) is 24.7 Å². The standard InChI is InChI=1S/C16H24N6O2/c1-11(2)18-15(24)13-6-7-22(20-13)10-16(3,4)19-14(23)12-8-17-21(5)9-12/h6-9,11H,10H2,1-5H3,(H,18,24)(H,19,23). The van der Waals surface area contributed by atoms with E-state index in [1.807, 2.05) is 27.7 Å². The molecule has 0 aliphatic heterocycles. The number of nitrogens with one attached hydrogen (secondary N) is 2. The summed E-state index contributed by atoms with van der Waals surface area (Å²) in [5, 5.41) is 14.0. The van der Waals surface area contributed by atoms with Crippen molar-refractivity contribution >= 4 is 11.8 Å². The van der Waals surface area contributed by atoms with Gasteiger partial charge in [0.25, 0.3) is 11.8 Å². The Morgan fingerprint density at radius 1 is 1.29 bits per heavy atom. The van der Waals surface area contributed by atoms with Gasteiger partial charge in [-0.25, -0.2) is 0 Å². The van der Waals surface area contributed by atoms with E-state index < -0.39 is 5.54 Å². The smallest absolute Gasteiger partial charge is 0.271 e. The first-order valence-corrected chi connectivity index (χ1v) is 7.82. The van der Waals surface area contributed by atoms with Gasteiger partial charge in [0, 0.05) is 25.5 Å². The van der Waals surface area contributed by atoms with Crippen molar-refractivity contribution in [1.82, 2.24) is 30.2 Å². The van der Waals surface area contributed by atoms with Gasteiger partial charge in [0.05, 0.1) is 23.8 Å². The fourth-order valence-corrected chi connectivity index (χ4v) is 2.27. The maximum absolute atomic E-state index is 12.2. The molecule has 2 rings (SSSR count). The van der Waals surface area contributed by atoms with Crippen molar-refractivity contribution in [2.75, 3.05) is 0 Å². The van der Waals surface area contributed by atoms with Gasteiger partial charge >= 0.3 is 0 Å². The van der Waals surface area contributed by atoms with Crippen molar-refractivity contribution < 1.29 is 9.59 Å². The highest BCUT2D eigenvalue weighted by atomic mass is 16.2. The predicted molar refractivity (Wildman–Crippen MR) is 89.6 cm³/mol. The van der Waals surface area contributed by atoms with Crippen LogP contribution in [0.4, 0.5) is 0 Å². The third-order valence-electron chi connectivity index (χ3n) is 3.27. The van der Waals surface area contributed by atoms with Crippen molar-refractivity contribution in [1.29, 1.82) is 0 Å². The second-order valence-corrected chi connectivity index (χ2v) is 6.77. The summed E-state index contributed by atoms with van der Waals surface area (Å²) in [6.45, 7) is 8.03. The molecule has 2 heterocycles. The van der Waals surface area contributed by atoms with Crippen LogP contribution in [0.1, 0.15) is 48.5 Å². The molecule has 8 nitrogen and oxygen atoms in total. The zero-order chi connectivity index (χ0) is 17.9. The molecule has 8 heteroatoms. The Morgan fingerprint density at radius 2 is 2.00 bits per heavy atom. The predicted octanol–water partition coefficient (Wildman–Crippen LogP) is 0.963. The molecule has 24 heavy (non-hydrogen) atoms. The third-order valence-corrected chi connectivity index (χ3v) is 3.27. The highest BCUT2D eigenvalue weighted by Gasteiger charge is 2.23. The summed E-state index contributed by atoms with van der Waals surface area (Å²) in [7, 11) is 1.76. The van der Waals surface area contributed by atoms with E-state index in [1.165, 1.54) is 6.20 Å². The molecule has 0 radical (unpaired) electrons. The number of rotatable bonds is 6. The number of amides is 2. The third kappa shape index (κ3) is 4.68. The maximum Gasteiger partial charge on any atom is 0.271 e. The first kappa shape index (κ1) is 17.7. The van der Waals surface area contributed by atoms with Crippen molar-refractivity contribution in [3.63, 3.8) is 0 Å². The molecule has 0 aliphatic carbocycles. The average Bonchev–Trinajstić information content (AvgIpc) is 3.06. The average molecular weight is 332 g/mol. The number of aryl methyl sites for hydroxylation is 1. The Labute approximate surface area is 141 Å². The van der Waals surface area contributed by atoms with E-state index in [-0.39, 0.29) is 17.9 Å². The molecule has 130 valence electrons. The first-order chi connectivity index (χ1) is 11.2. The lowest BCUT2D eigenvalue weighted by atomic mass is 10.1. The number of carbonyl (C=O) groups excluding carboxylic acids is 2. The summed E-state index contributed by atoms with van der Waals surface area (Å²) in [6.07, 6.45) is 4.91. The minimum atomic E-state index is -0.537. The molecule has 0 unspecified atom stereocenters. The topological polar surface area (TPSA) is 93.8 Å². The van der Waals surface area contributed by atoms with Crippen LogP contribution >= 0.6 is 0 Å². The van der Waals surface area contributed by atoms with E-state index in [9.17, 15) is 9.59 Å². The fourth-order valence-electron chi connectivity index (χ4n) is 2.27. The Morgan fingerprint density at radius 3 is 2.58 bits per heavy atom. The van der Waals surface area contributed by atoms with Crippen LogP contribution in [0, 0.1) is 0 Å². The molecule has 0 atom stereocenters. The van der Waals surface area contributed by atoms with Gasteiger partial charge in [-0.3, -0.25) is 19.0 Å². The van der Waals surface area contributed by atoms with Gasteiger partial charge in [0.1, 0.15) is 5.69 Å². The van der Waals surface area contributed by atoms with Crippen LogP contribution in [-0.2, 0) is 13.6 Å². The van der Waals surface area contributed by atoms with Crippen LogP contribution in [0.3, 0.4) is 0 Å². The summed E-state index contributed by atoms with van der Waals surface area (Å²) < 4.78 is 3.23. The Bertz CT molecular complexity index is 729. The number of hydrogen-bond donors (Lipinski definition) is 2. The molecule has 0 bridgehead atoms. The molecule has 2 N–H and O–H groups in total. The monoisotopic (exact) mass is 332 g/mol. The summed E-state index contributed by atoms with van der Waals surface area (Å²) in [6, 6.07) is 1.72. The molecule has 0 aromatic carbocycles. The molecule has 0 fully saturated rings. The Hall–Kier alpha value is -2.64. The summed E-state index contributed by atoms with van der Waals surface area (Å²) in [5.74, 6) is -0.404. The van der Waals surface area contributed by atoms with Gasteiger partial charge in [0.15, 0.2) is 0 Å². The van der Waals surface area contributed by atoms with E-state index in [0.717, 1.165) is 0 Å². The van der Waals surface area contributed by atoms with Crippen LogP contribution in [0.2, 0.25) is 0 Å². The highest BCUT2D eigenvalue weighted by molar-refractivity contribution is 5.94. The van der Waals surface area contributed by atoms with E-state index in [1.54, 1.807) is 34.9 Å². The van der Waals surface area contributed by atoms with E-state index in [2.05, 4.69) is 20.8 Å². The summed E-state index contributed by atoms with van der Waals surface area (Å²) in [5.41, 5.74) is 0.325. The van der Waals surface area contributed by atoms with Crippen molar-refractivity contribution in [3.8, 4) is 0 Å². The largest absolute Gasteiger partial charge is 0.348 e. The minimum Gasteiger partial charge on any atom is -0.348 e. The van der Waals surface area contributed by atoms with Gasteiger partial charge < -0.3 is 10.6 Å². The molecule has 0 saturated heterocycles. The van der Waals surface area contributed by atoms with Gasteiger partial charge in [0.2, 0.25) is 0 Å². The van der Waals surface area contributed by atoms with Crippen LogP contribution in [-0.4, -0.2) is 43.0 Å². The Balaban J connectivity index is 2.00. The van der Waals surface area contributed by atoms with Crippen LogP contribution < -0.4 is 10.6 Å². The number of aromatic nitrogens is 4. The normalized spacial score (nSPS) is 11.6. The molecular weight excluding hydrogens is 308 g/mol. The lowest BCUT2D eigenvalue weighted by Crippen LogP contribution is -2.46. The number of hydrogen-bond acceptors (Lipinski definition) is 4. The minimum absolute atomic E-state index is 0.0536. The first-order valence-electron chi connectivity index (χ1n) is 7.82. The molecule has 2 aromatic heterocycles. The van der Waals surface area contributed by atoms with Gasteiger partial charge in [-0.15, -0.1) is 0 Å². The summed E-state index contributed by atoms with van der Waals surface area (Å²) >= 11 is 0. The van der Waals surface area contributed by atoms with Crippen molar-refractivity contribution in [2.24, 2.45) is 7.05 Å². The molecule has 0 spiro atoms. The van der Waals surface area contributed by atoms with Crippen molar-refractivity contribution in [2.45, 2.75) is 45.8 Å². The van der Waals surface area contributed by atoms with Gasteiger partial charge in [-0.1, -0.05) is 0 Å². The lowest BCUT2D eigenvalue weighted by molar-refractivity contribution is 0.0897. The zero-order valence-electron chi connectivity index (χ0n) is 14.7. The molecule has 0 saturated carbocycles. The SMILES string of the molecule is CC(C)NC(=O)c1ccn(CC(C)(C)NC(=O)c2cnn(C)c2)n1. The molecule has 2 amide bonds. The second kappa shape index (κ2) is 6.86. The van der Waals surface area contributed by atoms with Crippen LogP contribution in [0.25, 0.3) is 0 Å². The van der Waals surface area contributed by atoms with Gasteiger partial charge in [-0.2, -0.15) is 10.2 Å². The number of nitrogens with zero attached hydrogens (tertiary/aromatic N) is 4. The lowest BCUT2D eigenvalue weighted by Gasteiger charge is -2.26. The molecular formula is C16H24N6O2. The van der Waals surface area contributed by atoms with E-state index >= 15 is 0 Å². The van der Waals surface area contributed by atoms with Crippen molar-refractivity contribution in [3.05, 3.63) is 35.9 Å². The van der Waals surface area contributed by atoms with E-state index in [0.29, 0.717) is 17.8 Å². The molecule has 2 aromatic rings. The molecule has 0 aliphatic rings. The number of carbonyl (C=O) groups is 2. The van der Waals surface area contributed by atoms with Crippen LogP contribution in [0.5, 0.6) is 0 Å². The summed E-state index contributed by atoms with van der Waals surface area (Å²) in [4.78, 5) is 24.2. The Kier molecular flexibility index (Phi) is 5.06. The maximum atomic E-state index is 12.2.